The molecular formula is C26H28CdN2O6S2. The second-order valence-electron chi connectivity index (χ2n) is 6.94. The van der Waals surface area contributed by atoms with Gasteiger partial charge in [0.1, 0.15) is 9.98 Å². The summed E-state index contributed by atoms with van der Waals surface area (Å²) in [5, 5.41) is 28.5. The zero-order chi connectivity index (χ0) is 27.1. The second-order valence-corrected chi connectivity index (χ2v) is 7.76. The summed E-state index contributed by atoms with van der Waals surface area (Å²) >= 11 is 10.1. The molecule has 0 spiro atoms. The smallest absolute Gasteiger partial charge is 0.875 e. The predicted octanol–water partition coefficient (Wildman–Crippen LogP) is 3.24. The van der Waals surface area contributed by atoms with Crippen molar-refractivity contribution in [3.05, 3.63) is 83.3 Å². The van der Waals surface area contributed by atoms with Crippen LogP contribution in [0.3, 0.4) is 0 Å². The molecule has 11 heteroatoms. The zero-order valence-electron chi connectivity index (χ0n) is 21.2. The summed E-state index contributed by atoms with van der Waals surface area (Å²) < 4.78 is 9.60. The Balaban J connectivity index is 0.000000682. The van der Waals surface area contributed by atoms with E-state index in [1.807, 2.05) is 36.4 Å². The predicted molar refractivity (Wildman–Crippen MR) is 144 cm³/mol. The van der Waals surface area contributed by atoms with Gasteiger partial charge < -0.3 is 30.3 Å². The van der Waals surface area contributed by atoms with Crippen LogP contribution in [0.25, 0.3) is 0 Å². The van der Waals surface area contributed by atoms with Crippen LogP contribution in [0.15, 0.2) is 83.3 Å². The number of ether oxygens (including phenoxy) is 2. The van der Waals surface area contributed by atoms with E-state index in [4.69, 9.17) is 33.9 Å². The molecule has 0 aromatic heterocycles. The maximum atomic E-state index is 11.6. The fourth-order valence-corrected chi connectivity index (χ4v) is 3.32. The Morgan fingerprint density at radius 2 is 1.00 bits per heavy atom. The summed E-state index contributed by atoms with van der Waals surface area (Å²) in [4.78, 5) is 23.4. The number of esters is 2. The Bertz CT molecular complexity index is 1020. The van der Waals surface area contributed by atoms with Gasteiger partial charge in [0.05, 0.1) is 24.4 Å². The molecule has 0 saturated carbocycles. The van der Waals surface area contributed by atoms with Gasteiger partial charge in [-0.05, 0) is 38.1 Å². The van der Waals surface area contributed by atoms with Crippen molar-refractivity contribution in [3.63, 3.8) is 0 Å². The Labute approximate surface area is 247 Å². The van der Waals surface area contributed by atoms with Gasteiger partial charge in [-0.1, -0.05) is 74.7 Å². The summed E-state index contributed by atoms with van der Waals surface area (Å²) in [6.45, 7) is 6.30. The van der Waals surface area contributed by atoms with E-state index in [9.17, 15) is 19.8 Å². The van der Waals surface area contributed by atoms with E-state index >= 15 is 0 Å². The molecule has 0 fully saturated rings. The molecule has 0 aliphatic carbocycles. The van der Waals surface area contributed by atoms with E-state index < -0.39 is 23.5 Å². The number of nitrogens with one attached hydrogen (secondary N) is 2. The van der Waals surface area contributed by atoms with E-state index in [0.29, 0.717) is 11.4 Å². The Hall–Kier alpha value is -2.84. The van der Waals surface area contributed by atoms with E-state index in [-0.39, 0.29) is 61.6 Å². The minimum Gasteiger partial charge on any atom is -0.875 e. The van der Waals surface area contributed by atoms with Crippen molar-refractivity contribution in [2.75, 3.05) is 23.8 Å². The normalized spacial score (nSPS) is 11.1. The summed E-state index contributed by atoms with van der Waals surface area (Å²) in [5.41, 5.74) is 1.17. The number of para-hydroxylation sites is 2. The third-order valence-corrected chi connectivity index (χ3v) is 4.79. The van der Waals surface area contributed by atoms with Gasteiger partial charge in [0.25, 0.3) is 0 Å². The molecule has 8 nitrogen and oxygen atoms in total. The standard InChI is InChI=1S/2C13H15NO3S.Cd/c2*1-3-17-13(16)11(9(2)15)12(18)14-10-7-5-4-6-8-10;/h2*4-8,15H,3H2,1-2H3,(H,14,18);/q;;+2/p-2/b11-9+;11-9-;. The van der Waals surface area contributed by atoms with E-state index in [1.165, 1.54) is 13.8 Å². The molecule has 0 unspecified atom stereocenters. The van der Waals surface area contributed by atoms with Crippen LogP contribution in [-0.4, -0.2) is 35.1 Å². The molecule has 2 aromatic carbocycles. The Morgan fingerprint density at radius 1 is 0.703 bits per heavy atom. The van der Waals surface area contributed by atoms with Gasteiger partial charge in [0.2, 0.25) is 0 Å². The number of rotatable bonds is 8. The number of thiocarbonyl (C=S) groups is 2. The van der Waals surface area contributed by atoms with Crippen molar-refractivity contribution in [1.82, 2.24) is 0 Å². The number of hydrogen-bond donors (Lipinski definition) is 2. The monoisotopic (exact) mass is 642 g/mol. The molecule has 2 N–H and O–H groups in total. The molecule has 37 heavy (non-hydrogen) atoms. The first-order chi connectivity index (χ1) is 17.1. The molecule has 0 atom stereocenters. The van der Waals surface area contributed by atoms with Crippen molar-refractivity contribution in [1.29, 1.82) is 0 Å². The van der Waals surface area contributed by atoms with Crippen LogP contribution in [0.4, 0.5) is 11.4 Å². The van der Waals surface area contributed by atoms with Crippen molar-refractivity contribution in [2.24, 2.45) is 0 Å². The second kappa shape index (κ2) is 18.4. The number of anilines is 2. The number of carbonyl (C=O) groups is 2. The summed E-state index contributed by atoms with van der Waals surface area (Å²) in [5.74, 6) is -2.22. The van der Waals surface area contributed by atoms with Crippen molar-refractivity contribution < 1.29 is 56.6 Å². The van der Waals surface area contributed by atoms with E-state index in [0.717, 1.165) is 0 Å². The van der Waals surface area contributed by atoms with Gasteiger partial charge in [-0.2, -0.15) is 0 Å². The van der Waals surface area contributed by atoms with Crippen molar-refractivity contribution in [3.8, 4) is 0 Å². The number of benzene rings is 2. The molecule has 192 valence electrons. The van der Waals surface area contributed by atoms with Gasteiger partial charge in [-0.15, -0.1) is 11.5 Å². The third kappa shape index (κ3) is 12.3. The molecule has 0 bridgehead atoms. The van der Waals surface area contributed by atoms with Gasteiger partial charge in [0.15, 0.2) is 0 Å². The van der Waals surface area contributed by atoms with Crippen molar-refractivity contribution >= 4 is 57.7 Å². The molecule has 0 radical (unpaired) electrons. The topological polar surface area (TPSA) is 123 Å². The maximum absolute atomic E-state index is 11.6. The van der Waals surface area contributed by atoms with Crippen LogP contribution in [-0.2, 0) is 46.4 Å². The Kier molecular flexibility index (Phi) is 17.0. The first kappa shape index (κ1) is 34.2. The molecule has 0 aliphatic rings. The van der Waals surface area contributed by atoms with Crippen LogP contribution in [0.1, 0.15) is 27.7 Å². The summed E-state index contributed by atoms with van der Waals surface area (Å²) in [6.07, 6.45) is 0. The van der Waals surface area contributed by atoms with Crippen molar-refractivity contribution in [2.45, 2.75) is 27.7 Å². The SMILES string of the molecule is CCOC(=O)/C(C(=S)Nc1ccccc1)=C(/C)[O-].CCOC(=O)/C(C(=S)Nc1ccccc1)=C(\C)[O-].[Cd+2]. The van der Waals surface area contributed by atoms with Crippen LogP contribution >= 0.6 is 24.4 Å². The fraction of sp³-hybridized carbons (Fsp3) is 0.231. The third-order valence-electron chi connectivity index (χ3n) is 4.18. The Morgan fingerprint density at radius 3 is 1.24 bits per heavy atom. The quantitative estimate of drug-likeness (QED) is 0.146. The van der Waals surface area contributed by atoms with Crippen LogP contribution in [0.2, 0.25) is 0 Å². The average molecular weight is 641 g/mol. The van der Waals surface area contributed by atoms with Crippen LogP contribution in [0, 0.1) is 0 Å². The molecular weight excluding hydrogens is 613 g/mol. The van der Waals surface area contributed by atoms with Gasteiger partial charge in [-0.3, -0.25) is 0 Å². The maximum Gasteiger partial charge on any atom is 2.00 e. The van der Waals surface area contributed by atoms with Gasteiger partial charge in [0, 0.05) is 11.4 Å². The van der Waals surface area contributed by atoms with Crippen LogP contribution < -0.4 is 20.8 Å². The minimum atomic E-state index is -0.696. The molecule has 0 amide bonds. The number of carbonyl (C=O) groups excluding carboxylic acids is 2. The first-order valence-corrected chi connectivity index (χ1v) is 11.8. The number of hydrogen-bond acceptors (Lipinski definition) is 8. The first-order valence-electron chi connectivity index (χ1n) is 10.9. The molecule has 2 aromatic rings. The van der Waals surface area contributed by atoms with Crippen LogP contribution in [0.5, 0.6) is 0 Å². The van der Waals surface area contributed by atoms with E-state index in [1.54, 1.807) is 38.1 Å². The fourth-order valence-electron chi connectivity index (χ4n) is 2.63. The molecule has 2 rings (SSSR count). The van der Waals surface area contributed by atoms with E-state index in [2.05, 4.69) is 10.6 Å². The summed E-state index contributed by atoms with van der Waals surface area (Å²) in [7, 11) is 0. The molecule has 0 heterocycles. The van der Waals surface area contributed by atoms with Gasteiger partial charge in [-0.25, -0.2) is 9.59 Å². The molecule has 0 saturated heterocycles. The molecule has 0 aliphatic heterocycles. The van der Waals surface area contributed by atoms with Gasteiger partial charge >= 0.3 is 39.2 Å². The zero-order valence-corrected chi connectivity index (χ0v) is 26.8. The summed E-state index contributed by atoms with van der Waals surface area (Å²) in [6, 6.07) is 18.1. The largest absolute Gasteiger partial charge is 2.00 e. The average Bonchev–Trinajstić information content (AvgIpc) is 2.81. The number of allylic oxidation sites excluding steroid dienone is 2. The minimum absolute atomic E-state index is 0.